The van der Waals surface area contributed by atoms with Crippen LogP contribution in [0.5, 0.6) is 17.5 Å². The predicted molar refractivity (Wildman–Crippen MR) is 124 cm³/mol. The van der Waals surface area contributed by atoms with E-state index in [0.29, 0.717) is 22.7 Å². The average molecular weight is 426 g/mol. The van der Waals surface area contributed by atoms with Gasteiger partial charge in [-0.1, -0.05) is 12.1 Å². The first-order chi connectivity index (χ1) is 15.6. The van der Waals surface area contributed by atoms with Crippen molar-refractivity contribution in [2.24, 2.45) is 0 Å². The number of hydrogen-bond acceptors (Lipinski definition) is 6. The minimum Gasteiger partial charge on any atom is -0.497 e. The molecule has 3 aromatic carbocycles. The van der Waals surface area contributed by atoms with Crippen LogP contribution < -0.4 is 20.1 Å². The van der Waals surface area contributed by atoms with Gasteiger partial charge in [0.25, 0.3) is 5.91 Å². The summed E-state index contributed by atoms with van der Waals surface area (Å²) in [5, 5.41) is 6.27. The van der Waals surface area contributed by atoms with E-state index in [1.54, 1.807) is 43.8 Å². The molecule has 0 spiro atoms. The van der Waals surface area contributed by atoms with Crippen molar-refractivity contribution in [3.63, 3.8) is 0 Å². The number of benzene rings is 3. The van der Waals surface area contributed by atoms with Gasteiger partial charge in [0.2, 0.25) is 0 Å². The fourth-order valence-corrected chi connectivity index (χ4v) is 3.09. The minimum absolute atomic E-state index is 0.218. The van der Waals surface area contributed by atoms with E-state index < -0.39 is 0 Å². The van der Waals surface area contributed by atoms with Crippen LogP contribution in [0.4, 0.5) is 17.1 Å². The number of aryl methyl sites for hydroxylation is 1. The van der Waals surface area contributed by atoms with Crippen LogP contribution in [0.3, 0.4) is 0 Å². The van der Waals surface area contributed by atoms with Gasteiger partial charge in [0, 0.05) is 23.8 Å². The summed E-state index contributed by atoms with van der Waals surface area (Å²) in [7, 11) is 1.62. The van der Waals surface area contributed by atoms with Crippen molar-refractivity contribution >= 4 is 23.0 Å². The zero-order valence-corrected chi connectivity index (χ0v) is 17.7. The Bertz CT molecular complexity index is 1210. The molecule has 1 heterocycles. The molecule has 0 aliphatic heterocycles. The second kappa shape index (κ2) is 9.61. The first-order valence-corrected chi connectivity index (χ1v) is 9.99. The van der Waals surface area contributed by atoms with Gasteiger partial charge in [0.1, 0.15) is 11.5 Å². The molecule has 7 heteroatoms. The van der Waals surface area contributed by atoms with Crippen LogP contribution in [0.25, 0.3) is 0 Å². The molecule has 0 aliphatic rings. The number of nitrogens with one attached hydrogen (secondary N) is 2. The molecule has 2 N–H and O–H groups in total. The van der Waals surface area contributed by atoms with Crippen molar-refractivity contribution in [3.05, 3.63) is 96.3 Å². The second-order valence-corrected chi connectivity index (χ2v) is 6.96. The van der Waals surface area contributed by atoms with Crippen molar-refractivity contribution in [1.82, 2.24) is 9.97 Å². The maximum atomic E-state index is 13.0. The molecule has 160 valence electrons. The van der Waals surface area contributed by atoms with E-state index in [0.717, 1.165) is 17.0 Å². The molecule has 0 saturated carbocycles. The molecule has 1 amide bonds. The lowest BCUT2D eigenvalue weighted by atomic mass is 10.1. The zero-order chi connectivity index (χ0) is 22.3. The molecule has 0 saturated heterocycles. The van der Waals surface area contributed by atoms with Gasteiger partial charge in [-0.05, 0) is 73.2 Å². The average Bonchev–Trinajstić information content (AvgIpc) is 2.82. The van der Waals surface area contributed by atoms with Crippen LogP contribution in [-0.2, 0) is 0 Å². The van der Waals surface area contributed by atoms with Crippen molar-refractivity contribution < 1.29 is 14.3 Å². The van der Waals surface area contributed by atoms with Crippen LogP contribution in [0.15, 0.2) is 85.2 Å². The van der Waals surface area contributed by atoms with Crippen molar-refractivity contribution in [2.45, 2.75) is 6.92 Å². The van der Waals surface area contributed by atoms with E-state index in [9.17, 15) is 4.79 Å². The van der Waals surface area contributed by atoms with Crippen LogP contribution in [0, 0.1) is 6.92 Å². The van der Waals surface area contributed by atoms with E-state index in [1.807, 2.05) is 55.5 Å². The summed E-state index contributed by atoms with van der Waals surface area (Å²) in [6.07, 6.45) is 3.22. The van der Waals surface area contributed by atoms with Gasteiger partial charge in [-0.3, -0.25) is 4.79 Å². The SMILES string of the molecule is COc1ccc(Nc2ccccc2C(=O)Nc2ccc(Oc3ncccn3)cc2C)cc1. The Hall–Kier alpha value is -4.39. The van der Waals surface area contributed by atoms with E-state index >= 15 is 0 Å². The third-order valence-corrected chi connectivity index (χ3v) is 4.74. The number of amides is 1. The number of ether oxygens (including phenoxy) is 2. The van der Waals surface area contributed by atoms with Crippen molar-refractivity contribution in [1.29, 1.82) is 0 Å². The van der Waals surface area contributed by atoms with Crippen molar-refractivity contribution in [3.8, 4) is 17.5 Å². The van der Waals surface area contributed by atoms with Gasteiger partial charge in [-0.2, -0.15) is 0 Å². The largest absolute Gasteiger partial charge is 0.497 e. The van der Waals surface area contributed by atoms with Gasteiger partial charge in [-0.15, -0.1) is 0 Å². The summed E-state index contributed by atoms with van der Waals surface area (Å²) in [4.78, 5) is 21.1. The topological polar surface area (TPSA) is 85.4 Å². The highest BCUT2D eigenvalue weighted by Gasteiger charge is 2.13. The fourth-order valence-electron chi connectivity index (χ4n) is 3.09. The normalized spacial score (nSPS) is 10.3. The smallest absolute Gasteiger partial charge is 0.321 e. The van der Waals surface area contributed by atoms with Crippen LogP contribution in [0.2, 0.25) is 0 Å². The first kappa shape index (κ1) is 20.9. The maximum absolute atomic E-state index is 13.0. The molecule has 32 heavy (non-hydrogen) atoms. The van der Waals surface area contributed by atoms with Crippen LogP contribution >= 0.6 is 0 Å². The lowest BCUT2D eigenvalue weighted by Gasteiger charge is -2.14. The summed E-state index contributed by atoms with van der Waals surface area (Å²) >= 11 is 0. The molecular formula is C25H22N4O3. The Morgan fingerprint density at radius 1 is 0.844 bits per heavy atom. The molecule has 0 bridgehead atoms. The highest BCUT2D eigenvalue weighted by Crippen LogP contribution is 2.27. The number of methoxy groups -OCH3 is 1. The molecule has 0 radical (unpaired) electrons. The molecule has 0 fully saturated rings. The van der Waals surface area contributed by atoms with Gasteiger partial charge in [0.05, 0.1) is 18.4 Å². The summed E-state index contributed by atoms with van der Waals surface area (Å²) < 4.78 is 10.8. The number of carbonyl (C=O) groups is 1. The molecular weight excluding hydrogens is 404 g/mol. The Kier molecular flexibility index (Phi) is 6.27. The molecule has 7 nitrogen and oxygen atoms in total. The monoisotopic (exact) mass is 426 g/mol. The molecule has 0 unspecified atom stereocenters. The zero-order valence-electron chi connectivity index (χ0n) is 17.7. The Morgan fingerprint density at radius 3 is 2.28 bits per heavy atom. The Balaban J connectivity index is 1.49. The summed E-state index contributed by atoms with van der Waals surface area (Å²) in [5.41, 5.74) is 3.63. The second-order valence-electron chi connectivity index (χ2n) is 6.96. The van der Waals surface area contributed by atoms with Gasteiger partial charge in [0.15, 0.2) is 0 Å². The highest BCUT2D eigenvalue weighted by atomic mass is 16.5. The molecule has 0 atom stereocenters. The number of nitrogens with zero attached hydrogens (tertiary/aromatic N) is 2. The van der Waals surface area contributed by atoms with Crippen LogP contribution in [-0.4, -0.2) is 23.0 Å². The minimum atomic E-state index is -0.218. The summed E-state index contributed by atoms with van der Waals surface area (Å²) in [5.74, 6) is 1.14. The fraction of sp³-hybridized carbons (Fsp3) is 0.0800. The summed E-state index contributed by atoms with van der Waals surface area (Å²) in [6, 6.07) is 22.2. The number of rotatable bonds is 7. The maximum Gasteiger partial charge on any atom is 0.321 e. The number of aromatic nitrogens is 2. The first-order valence-electron chi connectivity index (χ1n) is 9.99. The van der Waals surface area contributed by atoms with Crippen LogP contribution in [0.1, 0.15) is 15.9 Å². The van der Waals surface area contributed by atoms with Gasteiger partial charge < -0.3 is 20.1 Å². The molecule has 1 aromatic heterocycles. The number of anilines is 3. The highest BCUT2D eigenvalue weighted by molar-refractivity contribution is 6.08. The third kappa shape index (κ3) is 5.02. The molecule has 0 aliphatic carbocycles. The number of hydrogen-bond donors (Lipinski definition) is 2. The van der Waals surface area contributed by atoms with E-state index in [2.05, 4.69) is 20.6 Å². The number of carbonyl (C=O) groups excluding carboxylic acids is 1. The molecule has 4 aromatic rings. The Morgan fingerprint density at radius 2 is 1.56 bits per heavy atom. The number of para-hydroxylation sites is 1. The third-order valence-electron chi connectivity index (χ3n) is 4.74. The Labute approximate surface area is 186 Å². The van der Waals surface area contributed by atoms with E-state index in [1.165, 1.54) is 0 Å². The lowest BCUT2D eigenvalue weighted by Crippen LogP contribution is -2.14. The van der Waals surface area contributed by atoms with Gasteiger partial charge in [-0.25, -0.2) is 9.97 Å². The standard InChI is InChI=1S/C25H22N4O3/c1-17-16-20(32-25-26-14-5-15-27-25)12-13-22(17)29-24(30)21-6-3-4-7-23(21)28-18-8-10-19(31-2)11-9-18/h3-16,28H,1-2H3,(H,29,30). The summed E-state index contributed by atoms with van der Waals surface area (Å²) in [6.45, 7) is 1.90. The van der Waals surface area contributed by atoms with E-state index in [-0.39, 0.29) is 11.9 Å². The lowest BCUT2D eigenvalue weighted by molar-refractivity contribution is 0.102. The predicted octanol–water partition coefficient (Wildman–Crippen LogP) is 5.58. The molecule has 4 rings (SSSR count). The quantitative estimate of drug-likeness (QED) is 0.401. The van der Waals surface area contributed by atoms with E-state index in [4.69, 9.17) is 9.47 Å². The van der Waals surface area contributed by atoms with Crippen molar-refractivity contribution in [2.75, 3.05) is 17.7 Å². The van der Waals surface area contributed by atoms with Gasteiger partial charge >= 0.3 is 6.01 Å².